The molecule has 0 radical (unpaired) electrons. The number of alkyl halides is 1. The smallest absolute Gasteiger partial charge is 0.127 e. The van der Waals surface area contributed by atoms with E-state index in [4.69, 9.17) is 16.9 Å². The van der Waals surface area contributed by atoms with Gasteiger partial charge in [0.1, 0.15) is 5.38 Å². The van der Waals surface area contributed by atoms with E-state index in [1.54, 1.807) is 0 Å². The van der Waals surface area contributed by atoms with E-state index in [0.717, 1.165) is 5.56 Å². The lowest BCUT2D eigenvalue weighted by Gasteiger charge is -2.11. The van der Waals surface area contributed by atoms with Crippen molar-refractivity contribution in [1.82, 2.24) is 0 Å². The zero-order valence-electron chi connectivity index (χ0n) is 11.8. The third-order valence-corrected chi connectivity index (χ3v) is 2.64. The number of rotatable bonds is 2. The van der Waals surface area contributed by atoms with Gasteiger partial charge in [-0.05, 0) is 12.5 Å². The van der Waals surface area contributed by atoms with Crippen LogP contribution in [0, 0.1) is 18.3 Å². The summed E-state index contributed by atoms with van der Waals surface area (Å²) in [5.41, 5.74) is 2.34. The van der Waals surface area contributed by atoms with Gasteiger partial charge < -0.3 is 0 Å². The first kappa shape index (κ1) is 18.4. The van der Waals surface area contributed by atoms with E-state index in [-0.39, 0.29) is 5.92 Å². The van der Waals surface area contributed by atoms with Gasteiger partial charge in [-0.1, -0.05) is 64.4 Å². The molecule has 0 amide bonds. The highest BCUT2D eigenvalue weighted by atomic mass is 35.5. The maximum atomic E-state index is 8.64. The normalized spacial score (nSPS) is 11.9. The van der Waals surface area contributed by atoms with Crippen LogP contribution in [-0.4, -0.2) is 5.38 Å². The Kier molecular flexibility index (Phi) is 12.4. The van der Waals surface area contributed by atoms with E-state index in [0.29, 0.717) is 0 Å². The lowest BCUT2D eigenvalue weighted by molar-refractivity contribution is 0.796. The number of hydrogen-bond acceptors (Lipinski definition) is 1. The van der Waals surface area contributed by atoms with Gasteiger partial charge in [-0.2, -0.15) is 5.26 Å². The molecule has 1 aromatic rings. The van der Waals surface area contributed by atoms with Crippen LogP contribution in [0.2, 0.25) is 0 Å². The number of aryl methyl sites for hydroxylation is 1. The Morgan fingerprint density at radius 2 is 1.47 bits per heavy atom. The second-order valence-electron chi connectivity index (χ2n) is 3.23. The topological polar surface area (TPSA) is 23.8 Å². The minimum absolute atomic E-state index is 0.0901. The number of benzene rings is 1. The average Bonchev–Trinajstić information content (AvgIpc) is 2.42. The Labute approximate surface area is 111 Å². The maximum Gasteiger partial charge on any atom is 0.127 e. The summed E-state index contributed by atoms with van der Waals surface area (Å²) in [6, 6.07) is 10.2. The van der Waals surface area contributed by atoms with Gasteiger partial charge in [0.15, 0.2) is 0 Å². The molecule has 0 heterocycles. The number of nitrogens with zero attached hydrogens (tertiary/aromatic N) is 1. The molecule has 1 nitrogen and oxygen atoms in total. The molecule has 96 valence electrons. The van der Waals surface area contributed by atoms with E-state index in [9.17, 15) is 0 Å². The van der Waals surface area contributed by atoms with Crippen molar-refractivity contribution in [3.05, 3.63) is 35.4 Å². The summed E-state index contributed by atoms with van der Waals surface area (Å²) in [4.78, 5) is 0. The SMILES string of the molecule is CC.CC.Cc1ccc(C(C)C(Cl)C#N)cc1. The van der Waals surface area contributed by atoms with Crippen molar-refractivity contribution in [2.45, 2.75) is 52.8 Å². The molecule has 0 aliphatic heterocycles. The molecule has 2 atom stereocenters. The molecule has 0 saturated heterocycles. The summed E-state index contributed by atoms with van der Waals surface area (Å²) >= 11 is 5.83. The van der Waals surface area contributed by atoms with E-state index in [1.165, 1.54) is 5.56 Å². The molecule has 0 saturated carbocycles. The minimum atomic E-state index is -0.442. The van der Waals surface area contributed by atoms with Crippen LogP contribution in [0.5, 0.6) is 0 Å². The van der Waals surface area contributed by atoms with Gasteiger partial charge in [-0.25, -0.2) is 0 Å². The van der Waals surface area contributed by atoms with Crippen molar-refractivity contribution in [2.24, 2.45) is 0 Å². The lowest BCUT2D eigenvalue weighted by atomic mass is 9.97. The molecule has 2 unspecified atom stereocenters. The van der Waals surface area contributed by atoms with Crippen LogP contribution < -0.4 is 0 Å². The number of hydrogen-bond donors (Lipinski definition) is 0. The first-order valence-electron chi connectivity index (χ1n) is 6.25. The highest BCUT2D eigenvalue weighted by Gasteiger charge is 2.14. The van der Waals surface area contributed by atoms with Crippen LogP contribution >= 0.6 is 11.6 Å². The molecule has 1 rings (SSSR count). The fourth-order valence-electron chi connectivity index (χ4n) is 1.15. The quantitative estimate of drug-likeness (QED) is 0.658. The summed E-state index contributed by atoms with van der Waals surface area (Å²) < 4.78 is 0. The van der Waals surface area contributed by atoms with Crippen molar-refractivity contribution in [1.29, 1.82) is 5.26 Å². The maximum absolute atomic E-state index is 8.64. The molecule has 17 heavy (non-hydrogen) atoms. The summed E-state index contributed by atoms with van der Waals surface area (Å²) in [6.45, 7) is 12.0. The molecule has 0 aliphatic rings. The lowest BCUT2D eigenvalue weighted by Crippen LogP contribution is -2.06. The average molecular weight is 254 g/mol. The molecule has 0 aromatic heterocycles. The van der Waals surface area contributed by atoms with Crippen LogP contribution in [-0.2, 0) is 0 Å². The molecule has 0 spiro atoms. The van der Waals surface area contributed by atoms with E-state index in [1.807, 2.05) is 71.9 Å². The van der Waals surface area contributed by atoms with E-state index < -0.39 is 5.38 Å². The Morgan fingerprint density at radius 3 is 1.82 bits per heavy atom. The molecular weight excluding hydrogens is 230 g/mol. The summed E-state index contributed by atoms with van der Waals surface area (Å²) in [5.74, 6) is 0.0901. The minimum Gasteiger partial charge on any atom is -0.197 e. The van der Waals surface area contributed by atoms with Gasteiger partial charge >= 0.3 is 0 Å². The molecule has 0 N–H and O–H groups in total. The highest BCUT2D eigenvalue weighted by molar-refractivity contribution is 6.22. The zero-order chi connectivity index (χ0) is 13.8. The summed E-state index contributed by atoms with van der Waals surface area (Å²) in [6.07, 6.45) is 0. The standard InChI is InChI=1S/C11H12ClN.2C2H6/c1-8-3-5-10(6-4-8)9(2)11(12)7-13;2*1-2/h3-6,9,11H,1-2H3;2*1-2H3. The van der Waals surface area contributed by atoms with Crippen LogP contribution in [0.4, 0.5) is 0 Å². The molecule has 0 fully saturated rings. The summed E-state index contributed by atoms with van der Waals surface area (Å²) in [7, 11) is 0. The molecule has 2 heteroatoms. The van der Waals surface area contributed by atoms with E-state index >= 15 is 0 Å². The molecule has 1 aromatic carbocycles. The number of nitriles is 1. The molecule has 0 aliphatic carbocycles. The van der Waals surface area contributed by atoms with Crippen LogP contribution in [0.1, 0.15) is 51.7 Å². The van der Waals surface area contributed by atoms with Gasteiger partial charge in [0, 0.05) is 5.92 Å². The Bertz CT molecular complexity index is 311. The second-order valence-corrected chi connectivity index (χ2v) is 3.70. The van der Waals surface area contributed by atoms with Crippen molar-refractivity contribution >= 4 is 11.6 Å². The third-order valence-electron chi connectivity index (χ3n) is 2.17. The zero-order valence-corrected chi connectivity index (χ0v) is 12.5. The molecule has 0 bridgehead atoms. The third kappa shape index (κ3) is 7.02. The van der Waals surface area contributed by atoms with Crippen LogP contribution in [0.25, 0.3) is 0 Å². The van der Waals surface area contributed by atoms with Gasteiger partial charge in [0.2, 0.25) is 0 Å². The fourth-order valence-corrected chi connectivity index (χ4v) is 1.30. The van der Waals surface area contributed by atoms with Crippen LogP contribution in [0.15, 0.2) is 24.3 Å². The Morgan fingerprint density at radius 1 is 1.06 bits per heavy atom. The fraction of sp³-hybridized carbons (Fsp3) is 0.533. The summed E-state index contributed by atoms with van der Waals surface area (Å²) in [5, 5.41) is 8.20. The van der Waals surface area contributed by atoms with Crippen molar-refractivity contribution < 1.29 is 0 Å². The highest BCUT2D eigenvalue weighted by Crippen LogP contribution is 2.22. The largest absolute Gasteiger partial charge is 0.197 e. The van der Waals surface area contributed by atoms with Gasteiger partial charge in [-0.3, -0.25) is 0 Å². The van der Waals surface area contributed by atoms with Gasteiger partial charge in [0.25, 0.3) is 0 Å². The first-order chi connectivity index (χ1) is 8.15. The van der Waals surface area contributed by atoms with Gasteiger partial charge in [0.05, 0.1) is 6.07 Å². The van der Waals surface area contributed by atoms with Crippen molar-refractivity contribution in [3.63, 3.8) is 0 Å². The predicted octanol–water partition coefficient (Wildman–Crippen LogP) is 5.28. The Hall–Kier alpha value is -1.00. The van der Waals surface area contributed by atoms with Gasteiger partial charge in [-0.15, -0.1) is 11.6 Å². The van der Waals surface area contributed by atoms with Crippen LogP contribution in [0.3, 0.4) is 0 Å². The molecular formula is C15H24ClN. The first-order valence-corrected chi connectivity index (χ1v) is 6.69. The second kappa shape index (κ2) is 11.5. The van der Waals surface area contributed by atoms with Crippen molar-refractivity contribution in [2.75, 3.05) is 0 Å². The Balaban J connectivity index is 0. The van der Waals surface area contributed by atoms with E-state index in [2.05, 4.69) is 0 Å². The number of halogens is 1. The monoisotopic (exact) mass is 253 g/mol. The predicted molar refractivity (Wildman–Crippen MR) is 77.5 cm³/mol. The van der Waals surface area contributed by atoms with Crippen molar-refractivity contribution in [3.8, 4) is 6.07 Å².